The van der Waals surface area contributed by atoms with Gasteiger partial charge in [-0.2, -0.15) is 0 Å². The van der Waals surface area contributed by atoms with Crippen LogP contribution >= 0.6 is 0 Å². The molecule has 0 unspecified atom stereocenters. The molecule has 5 nitrogen and oxygen atoms in total. The van der Waals surface area contributed by atoms with Crippen molar-refractivity contribution in [3.63, 3.8) is 0 Å². The van der Waals surface area contributed by atoms with Crippen molar-refractivity contribution in [3.8, 4) is 5.75 Å². The standard InChI is InChI=1S/C23H25N3O2/c1-16-4-9-21(17(2)14-16)26-22-15-19(11-13-24-22)23(27)25-12-10-18-5-7-20(28-3)8-6-18/h4-9,11,13-15H,10,12H2,1-3H3,(H,24,26)(H,25,27). The molecule has 2 N–H and O–H groups in total. The van der Waals surface area contributed by atoms with Crippen molar-refractivity contribution in [1.82, 2.24) is 10.3 Å². The lowest BCUT2D eigenvalue weighted by Gasteiger charge is -2.11. The Morgan fingerprint density at radius 1 is 1.04 bits per heavy atom. The van der Waals surface area contributed by atoms with Crippen molar-refractivity contribution in [3.05, 3.63) is 83.0 Å². The number of carbonyl (C=O) groups excluding carboxylic acids is 1. The number of benzene rings is 2. The molecule has 0 saturated carbocycles. The molecule has 1 heterocycles. The summed E-state index contributed by atoms with van der Waals surface area (Å²) >= 11 is 0. The number of aryl methyl sites for hydroxylation is 2. The van der Waals surface area contributed by atoms with Crippen LogP contribution in [0.25, 0.3) is 0 Å². The highest BCUT2D eigenvalue weighted by Gasteiger charge is 2.08. The lowest BCUT2D eigenvalue weighted by molar-refractivity contribution is 0.0954. The van der Waals surface area contributed by atoms with E-state index in [2.05, 4.69) is 28.6 Å². The van der Waals surface area contributed by atoms with Crippen LogP contribution in [0.1, 0.15) is 27.0 Å². The number of methoxy groups -OCH3 is 1. The monoisotopic (exact) mass is 375 g/mol. The third-order valence-corrected chi connectivity index (χ3v) is 4.53. The van der Waals surface area contributed by atoms with E-state index < -0.39 is 0 Å². The summed E-state index contributed by atoms with van der Waals surface area (Å²) in [5, 5.41) is 6.24. The lowest BCUT2D eigenvalue weighted by Crippen LogP contribution is -2.25. The first-order valence-electron chi connectivity index (χ1n) is 9.26. The maximum atomic E-state index is 12.5. The summed E-state index contributed by atoms with van der Waals surface area (Å²) in [7, 11) is 1.65. The smallest absolute Gasteiger partial charge is 0.251 e. The molecule has 0 spiro atoms. The molecule has 2 aromatic carbocycles. The second-order valence-corrected chi connectivity index (χ2v) is 6.73. The number of anilines is 2. The Hall–Kier alpha value is -3.34. The van der Waals surface area contributed by atoms with E-state index in [1.165, 1.54) is 5.56 Å². The van der Waals surface area contributed by atoms with Crippen LogP contribution in [0.15, 0.2) is 60.8 Å². The first-order chi connectivity index (χ1) is 13.5. The summed E-state index contributed by atoms with van der Waals surface area (Å²) in [4.78, 5) is 16.8. The summed E-state index contributed by atoms with van der Waals surface area (Å²) in [5.41, 5.74) is 5.05. The average molecular weight is 375 g/mol. The number of hydrogen-bond donors (Lipinski definition) is 2. The molecule has 1 aromatic heterocycles. The van der Waals surface area contributed by atoms with Gasteiger partial charge in [0.2, 0.25) is 0 Å². The van der Waals surface area contributed by atoms with Gasteiger partial charge in [0, 0.05) is 24.0 Å². The second kappa shape index (κ2) is 9.04. The van der Waals surface area contributed by atoms with Gasteiger partial charge >= 0.3 is 0 Å². The highest BCUT2D eigenvalue weighted by molar-refractivity contribution is 5.94. The minimum absolute atomic E-state index is 0.111. The van der Waals surface area contributed by atoms with E-state index >= 15 is 0 Å². The summed E-state index contributed by atoms with van der Waals surface area (Å²) in [6.07, 6.45) is 2.40. The Labute approximate surface area is 165 Å². The van der Waals surface area contributed by atoms with Gasteiger partial charge in [0.05, 0.1) is 7.11 Å². The molecular formula is C23H25N3O2. The Morgan fingerprint density at radius 2 is 1.82 bits per heavy atom. The third-order valence-electron chi connectivity index (χ3n) is 4.53. The van der Waals surface area contributed by atoms with Gasteiger partial charge < -0.3 is 15.4 Å². The molecule has 28 heavy (non-hydrogen) atoms. The molecule has 0 atom stereocenters. The number of carbonyl (C=O) groups is 1. The van der Waals surface area contributed by atoms with E-state index in [0.29, 0.717) is 17.9 Å². The van der Waals surface area contributed by atoms with Crippen molar-refractivity contribution in [2.75, 3.05) is 19.0 Å². The number of hydrogen-bond acceptors (Lipinski definition) is 4. The molecule has 3 aromatic rings. The zero-order valence-electron chi connectivity index (χ0n) is 16.5. The average Bonchev–Trinajstić information content (AvgIpc) is 2.71. The zero-order chi connectivity index (χ0) is 19.9. The van der Waals surface area contributed by atoms with Gasteiger partial charge in [0.1, 0.15) is 11.6 Å². The number of aromatic nitrogens is 1. The molecule has 0 fully saturated rings. The first kappa shape index (κ1) is 19.4. The predicted molar refractivity (Wildman–Crippen MR) is 112 cm³/mol. The fourth-order valence-electron chi connectivity index (χ4n) is 2.95. The molecule has 0 saturated heterocycles. The molecule has 0 aliphatic rings. The third kappa shape index (κ3) is 5.10. The van der Waals surface area contributed by atoms with Gasteiger partial charge in [-0.15, -0.1) is 0 Å². The second-order valence-electron chi connectivity index (χ2n) is 6.73. The van der Waals surface area contributed by atoms with Crippen LogP contribution in [0.4, 0.5) is 11.5 Å². The fourth-order valence-corrected chi connectivity index (χ4v) is 2.95. The summed E-state index contributed by atoms with van der Waals surface area (Å²) < 4.78 is 5.16. The van der Waals surface area contributed by atoms with Crippen LogP contribution in [0.2, 0.25) is 0 Å². The summed E-state index contributed by atoms with van der Waals surface area (Å²) in [6.45, 7) is 4.67. The van der Waals surface area contributed by atoms with Gasteiger partial charge in [0.25, 0.3) is 5.91 Å². The minimum atomic E-state index is -0.111. The van der Waals surface area contributed by atoms with Crippen molar-refractivity contribution < 1.29 is 9.53 Å². The SMILES string of the molecule is COc1ccc(CCNC(=O)c2ccnc(Nc3ccc(C)cc3C)c2)cc1. The molecular weight excluding hydrogens is 350 g/mol. The zero-order valence-corrected chi connectivity index (χ0v) is 16.5. The summed E-state index contributed by atoms with van der Waals surface area (Å²) in [5.74, 6) is 1.36. The van der Waals surface area contributed by atoms with Gasteiger partial charge in [-0.25, -0.2) is 4.98 Å². The number of rotatable bonds is 7. The van der Waals surface area contributed by atoms with Crippen LogP contribution in [0.3, 0.4) is 0 Å². The Balaban J connectivity index is 1.58. The van der Waals surface area contributed by atoms with Crippen LogP contribution < -0.4 is 15.4 Å². The van der Waals surface area contributed by atoms with E-state index in [4.69, 9.17) is 4.74 Å². The highest BCUT2D eigenvalue weighted by atomic mass is 16.5. The Bertz CT molecular complexity index is 952. The van der Waals surface area contributed by atoms with Crippen molar-refractivity contribution in [2.24, 2.45) is 0 Å². The fraction of sp³-hybridized carbons (Fsp3) is 0.217. The number of nitrogens with one attached hydrogen (secondary N) is 2. The highest BCUT2D eigenvalue weighted by Crippen LogP contribution is 2.20. The normalized spacial score (nSPS) is 10.4. The van der Waals surface area contributed by atoms with Gasteiger partial charge in [-0.05, 0) is 61.7 Å². The maximum absolute atomic E-state index is 12.5. The molecule has 0 aliphatic heterocycles. The number of ether oxygens (including phenoxy) is 1. The minimum Gasteiger partial charge on any atom is -0.497 e. The van der Waals surface area contributed by atoms with E-state index in [9.17, 15) is 4.79 Å². The lowest BCUT2D eigenvalue weighted by atomic mass is 10.1. The van der Waals surface area contributed by atoms with Crippen LogP contribution in [0.5, 0.6) is 5.75 Å². The van der Waals surface area contributed by atoms with Gasteiger partial charge in [0.15, 0.2) is 0 Å². The van der Waals surface area contributed by atoms with Crippen LogP contribution in [-0.2, 0) is 6.42 Å². The predicted octanol–water partition coefficient (Wildman–Crippen LogP) is 4.42. The van der Waals surface area contributed by atoms with Gasteiger partial charge in [-0.3, -0.25) is 4.79 Å². The van der Waals surface area contributed by atoms with Crippen LogP contribution in [0, 0.1) is 13.8 Å². The largest absolute Gasteiger partial charge is 0.497 e. The number of nitrogens with zero attached hydrogens (tertiary/aromatic N) is 1. The Kier molecular flexibility index (Phi) is 6.27. The van der Waals surface area contributed by atoms with E-state index in [1.54, 1.807) is 25.4 Å². The van der Waals surface area contributed by atoms with Crippen molar-refractivity contribution in [1.29, 1.82) is 0 Å². The van der Waals surface area contributed by atoms with Crippen molar-refractivity contribution >= 4 is 17.4 Å². The molecule has 0 bridgehead atoms. The molecule has 144 valence electrons. The maximum Gasteiger partial charge on any atom is 0.251 e. The first-order valence-corrected chi connectivity index (χ1v) is 9.26. The number of pyridine rings is 1. The molecule has 0 aliphatic carbocycles. The number of amides is 1. The molecule has 5 heteroatoms. The topological polar surface area (TPSA) is 63.2 Å². The molecule has 1 amide bonds. The van der Waals surface area contributed by atoms with E-state index in [1.807, 2.05) is 43.3 Å². The van der Waals surface area contributed by atoms with Gasteiger partial charge in [-0.1, -0.05) is 29.8 Å². The van der Waals surface area contributed by atoms with E-state index in [0.717, 1.165) is 29.0 Å². The van der Waals surface area contributed by atoms with Crippen molar-refractivity contribution in [2.45, 2.75) is 20.3 Å². The van der Waals surface area contributed by atoms with Crippen LogP contribution in [-0.4, -0.2) is 24.5 Å². The molecule has 3 rings (SSSR count). The molecule has 0 radical (unpaired) electrons. The quantitative estimate of drug-likeness (QED) is 0.641. The van der Waals surface area contributed by atoms with E-state index in [-0.39, 0.29) is 5.91 Å². The summed E-state index contributed by atoms with van der Waals surface area (Å²) in [6, 6.07) is 17.5. The Morgan fingerprint density at radius 3 is 2.54 bits per heavy atom.